The van der Waals surface area contributed by atoms with E-state index in [1.165, 1.54) is 17.1 Å². The van der Waals surface area contributed by atoms with E-state index < -0.39 is 0 Å². The lowest BCUT2D eigenvalue weighted by atomic mass is 10.2. The van der Waals surface area contributed by atoms with Crippen LogP contribution in [-0.4, -0.2) is 17.6 Å². The van der Waals surface area contributed by atoms with Crippen molar-refractivity contribution in [3.05, 3.63) is 16.1 Å². The molecule has 0 aliphatic carbocycles. The highest BCUT2D eigenvalue weighted by Gasteiger charge is 2.01. The average molecular weight is 212 g/mol. The molecule has 0 aromatic carbocycles. The molecule has 1 aromatic rings. The highest BCUT2D eigenvalue weighted by Crippen LogP contribution is 2.10. The van der Waals surface area contributed by atoms with E-state index in [-0.39, 0.29) is 0 Å². The maximum absolute atomic E-state index is 4.53. The van der Waals surface area contributed by atoms with Crippen molar-refractivity contribution in [2.45, 2.75) is 46.1 Å². The number of nitrogens with one attached hydrogen (secondary N) is 1. The van der Waals surface area contributed by atoms with Crippen molar-refractivity contribution in [3.8, 4) is 0 Å². The zero-order valence-electron chi connectivity index (χ0n) is 9.34. The van der Waals surface area contributed by atoms with Gasteiger partial charge in [0.05, 0.1) is 10.7 Å². The van der Waals surface area contributed by atoms with Gasteiger partial charge >= 0.3 is 0 Å². The summed E-state index contributed by atoms with van der Waals surface area (Å²) in [4.78, 5) is 4.53. The topological polar surface area (TPSA) is 24.9 Å². The monoisotopic (exact) mass is 212 g/mol. The first kappa shape index (κ1) is 11.7. The van der Waals surface area contributed by atoms with Gasteiger partial charge in [-0.2, -0.15) is 0 Å². The molecule has 1 unspecified atom stereocenters. The normalized spacial score (nSPS) is 13.1. The summed E-state index contributed by atoms with van der Waals surface area (Å²) in [7, 11) is 0. The van der Waals surface area contributed by atoms with E-state index in [0.29, 0.717) is 6.04 Å². The molecule has 1 rings (SSSR count). The molecule has 1 atom stereocenters. The van der Waals surface area contributed by atoms with Crippen LogP contribution in [0.5, 0.6) is 0 Å². The van der Waals surface area contributed by atoms with Crippen LogP contribution in [0.4, 0.5) is 0 Å². The largest absolute Gasteiger partial charge is 0.314 e. The van der Waals surface area contributed by atoms with Gasteiger partial charge in [-0.25, -0.2) is 4.98 Å². The third kappa shape index (κ3) is 3.76. The quantitative estimate of drug-likeness (QED) is 0.784. The summed E-state index contributed by atoms with van der Waals surface area (Å²) in [6, 6.07) is 0.624. The van der Waals surface area contributed by atoms with Gasteiger partial charge in [-0.1, -0.05) is 13.8 Å². The van der Waals surface area contributed by atoms with Crippen LogP contribution in [0.15, 0.2) is 5.38 Å². The molecule has 3 heteroatoms. The second-order valence-electron chi connectivity index (χ2n) is 3.60. The Morgan fingerprint density at radius 1 is 1.50 bits per heavy atom. The van der Waals surface area contributed by atoms with Crippen molar-refractivity contribution in [2.75, 3.05) is 6.54 Å². The smallest absolute Gasteiger partial charge is 0.0925 e. The molecule has 0 radical (unpaired) electrons. The number of thiazole rings is 1. The van der Waals surface area contributed by atoms with Crippen molar-refractivity contribution in [2.24, 2.45) is 0 Å². The van der Waals surface area contributed by atoms with Gasteiger partial charge in [0.15, 0.2) is 0 Å². The van der Waals surface area contributed by atoms with Crippen LogP contribution in [0.25, 0.3) is 0 Å². The Balaban J connectivity index is 2.24. The van der Waals surface area contributed by atoms with Gasteiger partial charge in [-0.05, 0) is 19.8 Å². The summed E-state index contributed by atoms with van der Waals surface area (Å²) in [5.74, 6) is 0. The number of nitrogens with zero attached hydrogens (tertiary/aromatic N) is 1. The summed E-state index contributed by atoms with van der Waals surface area (Å²) in [5.41, 5.74) is 1.24. The van der Waals surface area contributed by atoms with Crippen molar-refractivity contribution >= 4 is 11.3 Å². The molecule has 0 aliphatic rings. The summed E-state index contributed by atoms with van der Waals surface area (Å²) in [6.07, 6.45) is 3.31. The van der Waals surface area contributed by atoms with Crippen LogP contribution in [0.2, 0.25) is 0 Å². The zero-order chi connectivity index (χ0) is 10.4. The van der Waals surface area contributed by atoms with Crippen molar-refractivity contribution < 1.29 is 0 Å². The maximum atomic E-state index is 4.53. The van der Waals surface area contributed by atoms with Crippen molar-refractivity contribution in [1.29, 1.82) is 0 Å². The molecule has 0 aliphatic heterocycles. The molecule has 1 heterocycles. The van der Waals surface area contributed by atoms with Crippen LogP contribution in [0, 0.1) is 0 Å². The number of aryl methyl sites for hydroxylation is 1. The fourth-order valence-electron chi connectivity index (χ4n) is 1.22. The maximum Gasteiger partial charge on any atom is 0.0925 e. The van der Waals surface area contributed by atoms with E-state index in [1.54, 1.807) is 11.3 Å². The molecule has 0 saturated heterocycles. The minimum absolute atomic E-state index is 0.624. The van der Waals surface area contributed by atoms with Gasteiger partial charge in [0.25, 0.3) is 0 Å². The van der Waals surface area contributed by atoms with E-state index in [1.807, 2.05) is 0 Å². The Bertz CT molecular complexity index is 258. The molecule has 2 nitrogen and oxygen atoms in total. The van der Waals surface area contributed by atoms with E-state index in [2.05, 4.69) is 36.5 Å². The predicted molar refractivity (Wildman–Crippen MR) is 63.0 cm³/mol. The molecular formula is C11H20N2S. The number of hydrogen-bond acceptors (Lipinski definition) is 3. The average Bonchev–Trinajstić information content (AvgIpc) is 2.65. The van der Waals surface area contributed by atoms with Gasteiger partial charge in [-0.3, -0.25) is 0 Å². The number of hydrogen-bond donors (Lipinski definition) is 1. The predicted octanol–water partition coefficient (Wildman–Crippen LogP) is 2.64. The van der Waals surface area contributed by atoms with Crippen LogP contribution < -0.4 is 5.32 Å². The zero-order valence-corrected chi connectivity index (χ0v) is 10.2. The first-order valence-corrected chi connectivity index (χ1v) is 6.30. The lowest BCUT2D eigenvalue weighted by molar-refractivity contribution is 0.535. The molecule has 0 bridgehead atoms. The highest BCUT2D eigenvalue weighted by atomic mass is 32.1. The molecule has 1 aromatic heterocycles. The van der Waals surface area contributed by atoms with Crippen LogP contribution in [0.1, 0.15) is 37.9 Å². The molecule has 80 valence electrons. The fourth-order valence-corrected chi connectivity index (χ4v) is 2.00. The van der Waals surface area contributed by atoms with Gasteiger partial charge in [-0.15, -0.1) is 11.3 Å². The van der Waals surface area contributed by atoms with Crippen LogP contribution in [-0.2, 0) is 12.8 Å². The molecular weight excluding hydrogens is 192 g/mol. The summed E-state index contributed by atoms with van der Waals surface area (Å²) >= 11 is 1.78. The van der Waals surface area contributed by atoms with E-state index in [9.17, 15) is 0 Å². The van der Waals surface area contributed by atoms with E-state index in [0.717, 1.165) is 19.4 Å². The van der Waals surface area contributed by atoms with Gasteiger partial charge in [0.2, 0.25) is 0 Å². The Morgan fingerprint density at radius 3 is 2.86 bits per heavy atom. The second kappa shape index (κ2) is 6.14. The minimum atomic E-state index is 0.624. The standard InChI is InChI=1S/C11H20N2S/c1-4-9(3)12-7-6-10-8-14-11(5-2)13-10/h8-9,12H,4-7H2,1-3H3. The SMILES string of the molecule is CCc1nc(CCNC(C)CC)cs1. The third-order valence-corrected chi connectivity index (χ3v) is 3.43. The fraction of sp³-hybridized carbons (Fsp3) is 0.727. The second-order valence-corrected chi connectivity index (χ2v) is 4.54. The number of rotatable bonds is 6. The summed E-state index contributed by atoms with van der Waals surface area (Å²) < 4.78 is 0. The number of aromatic nitrogens is 1. The van der Waals surface area contributed by atoms with Crippen molar-refractivity contribution in [1.82, 2.24) is 10.3 Å². The van der Waals surface area contributed by atoms with E-state index in [4.69, 9.17) is 0 Å². The lowest BCUT2D eigenvalue weighted by Crippen LogP contribution is -2.27. The minimum Gasteiger partial charge on any atom is -0.314 e. The molecule has 0 amide bonds. The molecule has 14 heavy (non-hydrogen) atoms. The van der Waals surface area contributed by atoms with Crippen molar-refractivity contribution in [3.63, 3.8) is 0 Å². The van der Waals surface area contributed by atoms with Gasteiger partial charge < -0.3 is 5.32 Å². The Labute approximate surface area is 90.8 Å². The van der Waals surface area contributed by atoms with E-state index >= 15 is 0 Å². The van der Waals surface area contributed by atoms with Crippen LogP contribution in [0.3, 0.4) is 0 Å². The first-order chi connectivity index (χ1) is 6.76. The Kier molecular flexibility index (Phi) is 5.12. The Hall–Kier alpha value is -0.410. The lowest BCUT2D eigenvalue weighted by Gasteiger charge is -2.09. The highest BCUT2D eigenvalue weighted by molar-refractivity contribution is 7.09. The molecule has 0 spiro atoms. The third-order valence-electron chi connectivity index (χ3n) is 2.39. The Morgan fingerprint density at radius 2 is 2.29 bits per heavy atom. The molecule has 0 fully saturated rings. The van der Waals surface area contributed by atoms with Gasteiger partial charge in [0, 0.05) is 24.4 Å². The molecule has 1 N–H and O–H groups in total. The van der Waals surface area contributed by atoms with Gasteiger partial charge in [0.1, 0.15) is 0 Å². The van der Waals surface area contributed by atoms with Crippen LogP contribution >= 0.6 is 11.3 Å². The first-order valence-electron chi connectivity index (χ1n) is 5.42. The summed E-state index contributed by atoms with van der Waals surface area (Å²) in [6.45, 7) is 7.62. The summed E-state index contributed by atoms with van der Waals surface area (Å²) in [5, 5.41) is 6.90. The molecule has 0 saturated carbocycles.